The van der Waals surface area contributed by atoms with E-state index in [0.717, 1.165) is 11.3 Å². The van der Waals surface area contributed by atoms with E-state index in [1.165, 1.54) is 24.2 Å². The van der Waals surface area contributed by atoms with Crippen LogP contribution >= 0.6 is 0 Å². The first-order valence-electron chi connectivity index (χ1n) is 9.51. The van der Waals surface area contributed by atoms with Gasteiger partial charge in [0.25, 0.3) is 5.91 Å². The van der Waals surface area contributed by atoms with Crippen molar-refractivity contribution in [1.29, 1.82) is 0 Å². The van der Waals surface area contributed by atoms with Crippen LogP contribution in [0, 0.1) is 13.8 Å². The van der Waals surface area contributed by atoms with Gasteiger partial charge in [-0.05, 0) is 50.5 Å². The molecule has 0 aliphatic carbocycles. The lowest BCUT2D eigenvalue weighted by molar-refractivity contribution is -0.116. The summed E-state index contributed by atoms with van der Waals surface area (Å²) >= 11 is 0. The number of hydrogen-bond donors (Lipinski definition) is 1. The van der Waals surface area contributed by atoms with Gasteiger partial charge < -0.3 is 15.0 Å². The third-order valence-corrected chi connectivity index (χ3v) is 4.39. The van der Waals surface area contributed by atoms with Crippen LogP contribution in [0.3, 0.4) is 0 Å². The number of carbonyl (C=O) groups is 2. The highest BCUT2D eigenvalue weighted by Crippen LogP contribution is 2.14. The Balaban J connectivity index is 1.95. The Bertz CT molecular complexity index is 780. The van der Waals surface area contributed by atoms with E-state index >= 15 is 0 Å². The normalized spacial score (nSPS) is 10.5. The number of aromatic nitrogens is 2. The molecule has 2 rings (SSSR count). The first-order chi connectivity index (χ1) is 13.5. The molecule has 0 aliphatic rings. The van der Waals surface area contributed by atoms with Crippen LogP contribution in [0.2, 0.25) is 0 Å². The molecule has 1 aromatic heterocycles. The number of nitrogens with zero attached hydrogens (tertiary/aromatic N) is 3. The van der Waals surface area contributed by atoms with Crippen LogP contribution in [-0.2, 0) is 9.53 Å². The second kappa shape index (κ2) is 11.1. The number of benzene rings is 1. The van der Waals surface area contributed by atoms with Crippen molar-refractivity contribution in [3.05, 3.63) is 53.6 Å². The van der Waals surface area contributed by atoms with Crippen molar-refractivity contribution < 1.29 is 14.3 Å². The third kappa shape index (κ3) is 6.74. The van der Waals surface area contributed by atoms with E-state index < -0.39 is 0 Å². The summed E-state index contributed by atoms with van der Waals surface area (Å²) in [6.45, 7) is 7.96. The molecule has 28 heavy (non-hydrogen) atoms. The van der Waals surface area contributed by atoms with Crippen molar-refractivity contribution in [1.82, 2.24) is 14.9 Å². The van der Waals surface area contributed by atoms with E-state index in [0.29, 0.717) is 32.7 Å². The molecule has 0 bridgehead atoms. The second-order valence-corrected chi connectivity index (χ2v) is 6.53. The van der Waals surface area contributed by atoms with E-state index in [-0.39, 0.29) is 23.9 Å². The van der Waals surface area contributed by atoms with Crippen LogP contribution in [-0.4, -0.2) is 53.0 Å². The van der Waals surface area contributed by atoms with Gasteiger partial charge in [-0.2, -0.15) is 0 Å². The molecule has 1 heterocycles. The molecule has 0 fully saturated rings. The molecule has 0 spiro atoms. The topological polar surface area (TPSA) is 84.4 Å². The van der Waals surface area contributed by atoms with Crippen LogP contribution in [0.4, 0.5) is 5.69 Å². The summed E-state index contributed by atoms with van der Waals surface area (Å²) in [5.41, 5.74) is 3.32. The van der Waals surface area contributed by atoms with Crippen molar-refractivity contribution >= 4 is 17.5 Å². The summed E-state index contributed by atoms with van der Waals surface area (Å²) in [7, 11) is 0. The summed E-state index contributed by atoms with van der Waals surface area (Å²) in [6, 6.07) is 5.80. The Morgan fingerprint density at radius 1 is 1.14 bits per heavy atom. The smallest absolute Gasteiger partial charge is 0.274 e. The predicted molar refractivity (Wildman–Crippen MR) is 108 cm³/mol. The monoisotopic (exact) mass is 384 g/mol. The van der Waals surface area contributed by atoms with Crippen LogP contribution in [0.15, 0.2) is 36.8 Å². The van der Waals surface area contributed by atoms with Crippen molar-refractivity contribution in [2.24, 2.45) is 0 Å². The average Bonchev–Trinajstić information content (AvgIpc) is 2.70. The number of aryl methyl sites for hydroxylation is 2. The molecule has 1 aromatic carbocycles. The van der Waals surface area contributed by atoms with Gasteiger partial charge in [0.2, 0.25) is 5.91 Å². The highest BCUT2D eigenvalue weighted by atomic mass is 16.5. The SMILES string of the molecule is CCOCCCN(CCC(=O)Nc1ccc(C)c(C)c1)C(=O)c1cnccn1. The van der Waals surface area contributed by atoms with Gasteiger partial charge in [-0.3, -0.25) is 14.6 Å². The number of rotatable bonds is 10. The fourth-order valence-corrected chi connectivity index (χ4v) is 2.67. The van der Waals surface area contributed by atoms with Gasteiger partial charge in [-0.25, -0.2) is 4.98 Å². The molecule has 2 amide bonds. The number of nitrogens with one attached hydrogen (secondary N) is 1. The summed E-state index contributed by atoms with van der Waals surface area (Å²) in [5, 5.41) is 2.89. The van der Waals surface area contributed by atoms with Crippen LogP contribution < -0.4 is 5.32 Å². The minimum atomic E-state index is -0.233. The van der Waals surface area contributed by atoms with Crippen molar-refractivity contribution in [3.8, 4) is 0 Å². The minimum Gasteiger partial charge on any atom is -0.382 e. The van der Waals surface area contributed by atoms with E-state index in [1.54, 1.807) is 4.90 Å². The maximum atomic E-state index is 12.7. The van der Waals surface area contributed by atoms with E-state index in [4.69, 9.17) is 4.74 Å². The standard InChI is InChI=1S/C21H28N4O3/c1-4-28-13-5-11-25(21(27)19-15-22-9-10-23-19)12-8-20(26)24-18-7-6-16(2)17(3)14-18/h6-7,9-10,14-15H,4-5,8,11-13H2,1-3H3,(H,24,26). The Kier molecular flexibility index (Phi) is 8.55. The average molecular weight is 384 g/mol. The van der Waals surface area contributed by atoms with Crippen molar-refractivity contribution in [2.75, 3.05) is 31.6 Å². The molecule has 0 unspecified atom stereocenters. The van der Waals surface area contributed by atoms with Crippen LogP contribution in [0.1, 0.15) is 41.4 Å². The summed E-state index contributed by atoms with van der Waals surface area (Å²) in [5.74, 6) is -0.367. The summed E-state index contributed by atoms with van der Waals surface area (Å²) < 4.78 is 5.35. The van der Waals surface area contributed by atoms with Gasteiger partial charge in [0.05, 0.1) is 6.20 Å². The first-order valence-corrected chi connectivity index (χ1v) is 9.51. The molecule has 0 saturated heterocycles. The highest BCUT2D eigenvalue weighted by Gasteiger charge is 2.18. The molecule has 0 saturated carbocycles. The Morgan fingerprint density at radius 3 is 2.64 bits per heavy atom. The highest BCUT2D eigenvalue weighted by molar-refractivity contribution is 5.93. The van der Waals surface area contributed by atoms with E-state index in [2.05, 4.69) is 15.3 Å². The predicted octanol–water partition coefficient (Wildman–Crippen LogP) is 2.99. The van der Waals surface area contributed by atoms with Gasteiger partial charge in [0.1, 0.15) is 5.69 Å². The zero-order chi connectivity index (χ0) is 20.4. The fourth-order valence-electron chi connectivity index (χ4n) is 2.67. The zero-order valence-corrected chi connectivity index (χ0v) is 16.8. The lowest BCUT2D eigenvalue weighted by Crippen LogP contribution is -2.35. The van der Waals surface area contributed by atoms with Gasteiger partial charge in [-0.1, -0.05) is 6.07 Å². The minimum absolute atomic E-state index is 0.134. The number of anilines is 1. The third-order valence-electron chi connectivity index (χ3n) is 4.39. The molecule has 2 aromatic rings. The lowest BCUT2D eigenvalue weighted by Gasteiger charge is -2.22. The van der Waals surface area contributed by atoms with Gasteiger partial charge in [-0.15, -0.1) is 0 Å². The summed E-state index contributed by atoms with van der Waals surface area (Å²) in [6.07, 6.45) is 5.34. The fraction of sp³-hybridized carbons (Fsp3) is 0.429. The second-order valence-electron chi connectivity index (χ2n) is 6.53. The molecular weight excluding hydrogens is 356 g/mol. The molecule has 0 atom stereocenters. The zero-order valence-electron chi connectivity index (χ0n) is 16.8. The number of amides is 2. The van der Waals surface area contributed by atoms with Gasteiger partial charge in [0, 0.05) is 50.8 Å². The molecule has 1 N–H and O–H groups in total. The Labute approximate surface area is 166 Å². The molecule has 7 nitrogen and oxygen atoms in total. The number of ether oxygens (including phenoxy) is 1. The van der Waals surface area contributed by atoms with Gasteiger partial charge in [0.15, 0.2) is 0 Å². The Morgan fingerprint density at radius 2 is 1.96 bits per heavy atom. The van der Waals surface area contributed by atoms with E-state index in [1.807, 2.05) is 39.0 Å². The molecule has 0 aliphatic heterocycles. The molecular formula is C21H28N4O3. The molecule has 7 heteroatoms. The lowest BCUT2D eigenvalue weighted by atomic mass is 10.1. The maximum Gasteiger partial charge on any atom is 0.274 e. The number of carbonyl (C=O) groups excluding carboxylic acids is 2. The molecule has 150 valence electrons. The number of hydrogen-bond acceptors (Lipinski definition) is 5. The van der Waals surface area contributed by atoms with E-state index in [9.17, 15) is 9.59 Å². The van der Waals surface area contributed by atoms with Crippen molar-refractivity contribution in [2.45, 2.75) is 33.6 Å². The van der Waals surface area contributed by atoms with Crippen LogP contribution in [0.5, 0.6) is 0 Å². The first kappa shape index (κ1) is 21.5. The van der Waals surface area contributed by atoms with Gasteiger partial charge >= 0.3 is 0 Å². The van der Waals surface area contributed by atoms with Crippen LogP contribution in [0.25, 0.3) is 0 Å². The maximum absolute atomic E-state index is 12.7. The summed E-state index contributed by atoms with van der Waals surface area (Å²) in [4.78, 5) is 34.7. The quantitative estimate of drug-likeness (QED) is 0.637. The Hall–Kier alpha value is -2.80. The largest absolute Gasteiger partial charge is 0.382 e. The van der Waals surface area contributed by atoms with Crippen molar-refractivity contribution in [3.63, 3.8) is 0 Å². The molecule has 0 radical (unpaired) electrons.